The second-order valence-electron chi connectivity index (χ2n) is 6.89. The molecule has 0 saturated heterocycles. The highest BCUT2D eigenvalue weighted by molar-refractivity contribution is 5.96. The Labute approximate surface area is 169 Å². The van der Waals surface area contributed by atoms with Crippen molar-refractivity contribution in [3.05, 3.63) is 64.1 Å². The number of carbonyl (C=O) groups is 2. The minimum atomic E-state index is -0.582. The SMILES string of the molecule is CCOC(=O)c1c(C)nc2c(NCc3c(C)cccc3CC)cc(C(N)=O)cn12. The lowest BCUT2D eigenvalue weighted by Crippen LogP contribution is -2.15. The molecule has 7 heteroatoms. The molecule has 0 saturated carbocycles. The number of amides is 1. The van der Waals surface area contributed by atoms with Crippen LogP contribution >= 0.6 is 0 Å². The van der Waals surface area contributed by atoms with E-state index in [4.69, 9.17) is 10.5 Å². The quantitative estimate of drug-likeness (QED) is 0.599. The van der Waals surface area contributed by atoms with E-state index in [0.29, 0.717) is 23.6 Å². The summed E-state index contributed by atoms with van der Waals surface area (Å²) < 4.78 is 6.73. The predicted octanol–water partition coefficient (Wildman–Crippen LogP) is 3.40. The number of hydrogen-bond acceptors (Lipinski definition) is 5. The number of nitrogens with zero attached hydrogens (tertiary/aromatic N) is 2. The van der Waals surface area contributed by atoms with Crippen LogP contribution in [-0.4, -0.2) is 27.9 Å². The minimum absolute atomic E-state index is 0.249. The van der Waals surface area contributed by atoms with Crippen molar-refractivity contribution >= 4 is 23.2 Å². The molecule has 0 unspecified atom stereocenters. The van der Waals surface area contributed by atoms with Gasteiger partial charge in [-0.05, 0) is 49.9 Å². The van der Waals surface area contributed by atoms with Gasteiger partial charge in [0.2, 0.25) is 5.91 Å². The molecule has 1 aromatic carbocycles. The molecular weight excluding hydrogens is 368 g/mol. The van der Waals surface area contributed by atoms with Crippen molar-refractivity contribution in [1.29, 1.82) is 0 Å². The fourth-order valence-electron chi connectivity index (χ4n) is 3.50. The lowest BCUT2D eigenvalue weighted by molar-refractivity contribution is 0.0517. The molecule has 3 rings (SSSR count). The van der Waals surface area contributed by atoms with Crippen molar-refractivity contribution < 1.29 is 14.3 Å². The molecule has 0 atom stereocenters. The summed E-state index contributed by atoms with van der Waals surface area (Å²) in [7, 11) is 0. The van der Waals surface area contributed by atoms with E-state index < -0.39 is 11.9 Å². The molecule has 0 aliphatic heterocycles. The number of nitrogens with one attached hydrogen (secondary N) is 1. The molecular formula is C22H26N4O3. The topological polar surface area (TPSA) is 98.7 Å². The van der Waals surface area contributed by atoms with Crippen LogP contribution < -0.4 is 11.1 Å². The van der Waals surface area contributed by atoms with Gasteiger partial charge in [-0.3, -0.25) is 9.20 Å². The molecule has 0 bridgehead atoms. The molecule has 3 N–H and O–H groups in total. The lowest BCUT2D eigenvalue weighted by Gasteiger charge is -2.15. The van der Waals surface area contributed by atoms with Gasteiger partial charge in [0.25, 0.3) is 0 Å². The van der Waals surface area contributed by atoms with Crippen molar-refractivity contribution in [1.82, 2.24) is 9.38 Å². The number of rotatable bonds is 7. The van der Waals surface area contributed by atoms with Crippen LogP contribution in [0, 0.1) is 13.8 Å². The number of hydrogen-bond donors (Lipinski definition) is 2. The van der Waals surface area contributed by atoms with Crippen molar-refractivity contribution in [3.63, 3.8) is 0 Å². The van der Waals surface area contributed by atoms with E-state index in [9.17, 15) is 9.59 Å². The van der Waals surface area contributed by atoms with Gasteiger partial charge >= 0.3 is 5.97 Å². The molecule has 7 nitrogen and oxygen atoms in total. The number of fused-ring (bicyclic) bond motifs is 1. The average Bonchev–Trinajstić information content (AvgIpc) is 3.02. The first-order chi connectivity index (χ1) is 13.9. The van der Waals surface area contributed by atoms with E-state index in [1.54, 1.807) is 24.3 Å². The maximum absolute atomic E-state index is 12.4. The molecule has 2 heterocycles. The summed E-state index contributed by atoms with van der Waals surface area (Å²) in [6, 6.07) is 7.90. The number of esters is 1. The highest BCUT2D eigenvalue weighted by atomic mass is 16.5. The molecule has 0 aliphatic carbocycles. The number of primary amides is 1. The number of imidazole rings is 1. The number of aryl methyl sites for hydroxylation is 3. The van der Waals surface area contributed by atoms with E-state index in [1.165, 1.54) is 22.9 Å². The zero-order valence-corrected chi connectivity index (χ0v) is 17.2. The van der Waals surface area contributed by atoms with Crippen LogP contribution in [0.1, 0.15) is 57.1 Å². The molecule has 0 aliphatic rings. The van der Waals surface area contributed by atoms with Gasteiger partial charge in [0.1, 0.15) is 0 Å². The lowest BCUT2D eigenvalue weighted by atomic mass is 10.00. The third-order valence-electron chi connectivity index (χ3n) is 4.99. The first-order valence-electron chi connectivity index (χ1n) is 9.68. The second-order valence-corrected chi connectivity index (χ2v) is 6.89. The largest absolute Gasteiger partial charge is 0.461 e. The van der Waals surface area contributed by atoms with Crippen LogP contribution in [0.5, 0.6) is 0 Å². The van der Waals surface area contributed by atoms with E-state index in [2.05, 4.69) is 36.3 Å². The van der Waals surface area contributed by atoms with E-state index >= 15 is 0 Å². The monoisotopic (exact) mass is 394 g/mol. The van der Waals surface area contributed by atoms with Crippen molar-refractivity contribution in [2.75, 3.05) is 11.9 Å². The smallest absolute Gasteiger partial charge is 0.357 e. The third kappa shape index (κ3) is 3.94. The van der Waals surface area contributed by atoms with Gasteiger partial charge in [-0.1, -0.05) is 25.1 Å². The average molecular weight is 394 g/mol. The summed E-state index contributed by atoms with van der Waals surface area (Å²) in [5, 5.41) is 3.38. The summed E-state index contributed by atoms with van der Waals surface area (Å²) in [6.45, 7) is 8.49. The number of nitrogens with two attached hydrogens (primary N) is 1. The van der Waals surface area contributed by atoms with Crippen LogP contribution in [0.4, 0.5) is 5.69 Å². The summed E-state index contributed by atoms with van der Waals surface area (Å²) >= 11 is 0. The fourth-order valence-corrected chi connectivity index (χ4v) is 3.50. The fraction of sp³-hybridized carbons (Fsp3) is 0.318. The number of anilines is 1. The highest BCUT2D eigenvalue weighted by Gasteiger charge is 2.21. The van der Waals surface area contributed by atoms with Gasteiger partial charge in [0.05, 0.1) is 23.6 Å². The van der Waals surface area contributed by atoms with Crippen molar-refractivity contribution in [2.24, 2.45) is 5.73 Å². The maximum atomic E-state index is 12.4. The van der Waals surface area contributed by atoms with Crippen LogP contribution in [0.3, 0.4) is 0 Å². The Kier molecular flexibility index (Phi) is 5.87. The molecule has 2 aromatic heterocycles. The number of benzene rings is 1. The second kappa shape index (κ2) is 8.34. The molecule has 152 valence electrons. The van der Waals surface area contributed by atoms with Crippen LogP contribution in [-0.2, 0) is 17.7 Å². The Morgan fingerprint density at radius 2 is 2.00 bits per heavy atom. The number of ether oxygens (including phenoxy) is 1. The maximum Gasteiger partial charge on any atom is 0.357 e. The Bertz CT molecular complexity index is 1090. The summed E-state index contributed by atoms with van der Waals surface area (Å²) in [5.41, 5.74) is 11.4. The molecule has 3 aromatic rings. The summed E-state index contributed by atoms with van der Waals surface area (Å²) in [4.78, 5) is 28.8. The summed E-state index contributed by atoms with van der Waals surface area (Å²) in [6.07, 6.45) is 2.45. The standard InChI is InChI=1S/C22H26N4O3/c1-5-15-9-7-8-13(3)17(15)11-24-18-10-16(20(23)27)12-26-19(22(28)29-6-2)14(4)25-21(18)26/h7-10,12,24H,5-6,11H2,1-4H3,(H2,23,27). The molecule has 1 amide bonds. The first kappa shape index (κ1) is 20.4. The molecule has 29 heavy (non-hydrogen) atoms. The number of aromatic nitrogens is 2. The number of pyridine rings is 1. The van der Waals surface area contributed by atoms with Gasteiger partial charge < -0.3 is 15.8 Å². The minimum Gasteiger partial charge on any atom is -0.461 e. The van der Waals surface area contributed by atoms with Gasteiger partial charge in [-0.25, -0.2) is 9.78 Å². The zero-order chi connectivity index (χ0) is 21.1. The van der Waals surface area contributed by atoms with E-state index in [0.717, 1.165) is 6.42 Å². The summed E-state index contributed by atoms with van der Waals surface area (Å²) in [5.74, 6) is -1.07. The molecule has 0 fully saturated rings. The Balaban J connectivity index is 2.09. The predicted molar refractivity (Wildman–Crippen MR) is 112 cm³/mol. The first-order valence-corrected chi connectivity index (χ1v) is 9.68. The van der Waals surface area contributed by atoms with E-state index in [-0.39, 0.29) is 17.9 Å². The number of carbonyl (C=O) groups excluding carboxylic acids is 2. The Morgan fingerprint density at radius 3 is 2.66 bits per heavy atom. The normalized spacial score (nSPS) is 10.9. The van der Waals surface area contributed by atoms with Gasteiger partial charge in [-0.2, -0.15) is 0 Å². The Hall–Kier alpha value is -3.35. The van der Waals surface area contributed by atoms with Gasteiger partial charge in [0, 0.05) is 12.7 Å². The molecule has 0 radical (unpaired) electrons. The van der Waals surface area contributed by atoms with Gasteiger partial charge in [0.15, 0.2) is 11.3 Å². The van der Waals surface area contributed by atoms with Crippen molar-refractivity contribution in [2.45, 2.75) is 40.7 Å². The molecule has 0 spiro atoms. The van der Waals surface area contributed by atoms with Crippen molar-refractivity contribution in [3.8, 4) is 0 Å². The zero-order valence-electron chi connectivity index (χ0n) is 17.2. The van der Waals surface area contributed by atoms with E-state index in [1.807, 2.05) is 6.07 Å². The highest BCUT2D eigenvalue weighted by Crippen LogP contribution is 2.25. The van der Waals surface area contributed by atoms with Crippen LogP contribution in [0.15, 0.2) is 30.5 Å². The van der Waals surface area contributed by atoms with Gasteiger partial charge in [-0.15, -0.1) is 0 Å². The van der Waals surface area contributed by atoms with Crippen LogP contribution in [0.2, 0.25) is 0 Å². The third-order valence-corrected chi connectivity index (χ3v) is 4.99. The van der Waals surface area contributed by atoms with Crippen LogP contribution in [0.25, 0.3) is 5.65 Å². The Morgan fingerprint density at radius 1 is 1.24 bits per heavy atom.